The van der Waals surface area contributed by atoms with Crippen molar-refractivity contribution in [3.05, 3.63) is 164 Å². The van der Waals surface area contributed by atoms with Crippen molar-refractivity contribution >= 4 is 102 Å². The fraction of sp³-hybridized carbons (Fsp3) is 0. The maximum absolute atomic E-state index is 2.59. The number of fused-ring (bicyclic) bond motifs is 9. The Balaban J connectivity index is 1.43. The molecule has 0 spiro atoms. The molecule has 0 N–H and O–H groups in total. The predicted octanol–water partition coefficient (Wildman–Crippen LogP) is 13.9. The molecule has 0 amide bonds. The number of hydrogen-bond acceptors (Lipinski definition) is 3. The highest BCUT2D eigenvalue weighted by atomic mass is 32.1. The zero-order valence-corrected chi connectivity index (χ0v) is 27.0. The zero-order valence-electron chi connectivity index (χ0n) is 25.4. The van der Waals surface area contributed by atoms with Crippen LogP contribution in [0.2, 0.25) is 0 Å². The van der Waals surface area contributed by atoms with Gasteiger partial charge in [-0.25, -0.2) is 0 Å². The molecule has 2 heterocycles. The lowest BCUT2D eigenvalue weighted by molar-refractivity contribution is 1.34. The minimum absolute atomic E-state index is 1.19. The first kappa shape index (κ1) is 26.7. The van der Waals surface area contributed by atoms with Crippen molar-refractivity contribution in [1.29, 1.82) is 0 Å². The molecule has 0 radical (unpaired) electrons. The second-order valence-corrected chi connectivity index (χ2v) is 14.2. The number of thiophene rings is 2. The van der Waals surface area contributed by atoms with Crippen LogP contribution in [0, 0.1) is 0 Å². The van der Waals surface area contributed by atoms with Crippen LogP contribution in [0.25, 0.3) is 73.0 Å². The Morgan fingerprint density at radius 2 is 0.936 bits per heavy atom. The minimum Gasteiger partial charge on any atom is -0.306 e. The van der Waals surface area contributed by atoms with E-state index in [1.165, 1.54) is 90.1 Å². The van der Waals surface area contributed by atoms with Crippen LogP contribution in [0.4, 0.5) is 17.1 Å². The summed E-state index contributed by atoms with van der Waals surface area (Å²) in [5, 5.41) is 10.2. The Hall–Kier alpha value is -5.48. The van der Waals surface area contributed by atoms with Gasteiger partial charge in [-0.3, -0.25) is 0 Å². The predicted molar refractivity (Wildman–Crippen MR) is 207 cm³/mol. The summed E-state index contributed by atoms with van der Waals surface area (Å²) in [6, 6.07) is 60.2. The summed E-state index contributed by atoms with van der Waals surface area (Å²) in [5.41, 5.74) is 6.04. The van der Waals surface area contributed by atoms with Crippen molar-refractivity contribution in [1.82, 2.24) is 0 Å². The highest BCUT2D eigenvalue weighted by molar-refractivity contribution is 7.27. The summed E-state index contributed by atoms with van der Waals surface area (Å²) in [6.45, 7) is 0. The fourth-order valence-electron chi connectivity index (χ4n) is 7.35. The van der Waals surface area contributed by atoms with E-state index in [0.717, 1.165) is 0 Å². The SMILES string of the molecule is c1ccc(-c2ccc3c(sc4ccccc43)c2N(c2cc3ccccc3c3ccccc23)c2cccc3c2sc2ccccc23)cc1. The molecule has 0 aliphatic heterocycles. The van der Waals surface area contributed by atoms with Crippen LogP contribution in [0.3, 0.4) is 0 Å². The first-order valence-corrected chi connectivity index (χ1v) is 17.6. The van der Waals surface area contributed by atoms with Gasteiger partial charge in [-0.05, 0) is 46.0 Å². The van der Waals surface area contributed by atoms with Gasteiger partial charge in [0.2, 0.25) is 0 Å². The third kappa shape index (κ3) is 4.07. The Morgan fingerprint density at radius 1 is 0.362 bits per heavy atom. The summed E-state index contributed by atoms with van der Waals surface area (Å²) in [6.07, 6.45) is 0. The summed E-state index contributed by atoms with van der Waals surface area (Å²) in [7, 11) is 0. The van der Waals surface area contributed by atoms with Crippen LogP contribution in [-0.4, -0.2) is 0 Å². The smallest absolute Gasteiger partial charge is 0.0719 e. The van der Waals surface area contributed by atoms with Crippen LogP contribution >= 0.6 is 22.7 Å². The van der Waals surface area contributed by atoms with Crippen molar-refractivity contribution in [2.24, 2.45) is 0 Å². The van der Waals surface area contributed by atoms with Crippen molar-refractivity contribution in [3.8, 4) is 11.1 Å². The molecule has 0 atom stereocenters. The molecule has 0 saturated carbocycles. The molecule has 220 valence electrons. The van der Waals surface area contributed by atoms with E-state index in [1.54, 1.807) is 0 Å². The quantitative estimate of drug-likeness (QED) is 0.174. The summed E-state index contributed by atoms with van der Waals surface area (Å²) in [5.74, 6) is 0. The van der Waals surface area contributed by atoms with Crippen molar-refractivity contribution in [3.63, 3.8) is 0 Å². The van der Waals surface area contributed by atoms with E-state index in [2.05, 4.69) is 169 Å². The van der Waals surface area contributed by atoms with Gasteiger partial charge >= 0.3 is 0 Å². The van der Waals surface area contributed by atoms with Gasteiger partial charge < -0.3 is 4.90 Å². The number of anilines is 3. The lowest BCUT2D eigenvalue weighted by Gasteiger charge is -2.30. The molecular formula is C44H27NS2. The molecular weight excluding hydrogens is 607 g/mol. The third-order valence-electron chi connectivity index (χ3n) is 9.44. The van der Waals surface area contributed by atoms with E-state index in [4.69, 9.17) is 0 Å². The Bertz CT molecular complexity index is 2810. The first-order chi connectivity index (χ1) is 23.3. The Morgan fingerprint density at radius 3 is 1.70 bits per heavy atom. The molecule has 0 unspecified atom stereocenters. The second-order valence-electron chi connectivity index (χ2n) is 12.1. The first-order valence-electron chi connectivity index (χ1n) is 15.9. The maximum Gasteiger partial charge on any atom is 0.0719 e. The van der Waals surface area contributed by atoms with Crippen molar-refractivity contribution < 1.29 is 0 Å². The molecule has 0 saturated heterocycles. The molecule has 8 aromatic carbocycles. The lowest BCUT2D eigenvalue weighted by atomic mass is 9.96. The van der Waals surface area contributed by atoms with Crippen LogP contribution < -0.4 is 4.90 Å². The van der Waals surface area contributed by atoms with Gasteiger partial charge in [-0.1, -0.05) is 140 Å². The Kier molecular flexibility index (Phi) is 5.98. The molecule has 3 heteroatoms. The standard InChI is InChI=1S/C44H27NS2/c1-2-13-28(14-3-1)31-25-26-37-35-20-9-11-24-41(35)47-44(37)42(31)45(38-22-12-21-36-34-19-8-10-23-40(34)46-43(36)38)39-27-29-15-4-5-16-30(29)32-17-6-7-18-33(32)39/h1-27H. The maximum atomic E-state index is 2.59. The van der Waals surface area contributed by atoms with Gasteiger partial charge in [-0.15, -0.1) is 22.7 Å². The normalized spacial score (nSPS) is 11.8. The summed E-state index contributed by atoms with van der Waals surface area (Å²) < 4.78 is 5.20. The molecule has 1 nitrogen and oxygen atoms in total. The fourth-order valence-corrected chi connectivity index (χ4v) is 9.79. The number of rotatable bonds is 4. The third-order valence-corrected chi connectivity index (χ3v) is 11.8. The molecule has 0 fully saturated rings. The van der Waals surface area contributed by atoms with Gasteiger partial charge in [-0.2, -0.15) is 0 Å². The van der Waals surface area contributed by atoms with Crippen LogP contribution in [0.1, 0.15) is 0 Å². The Labute approximate surface area is 280 Å². The minimum atomic E-state index is 1.19. The number of benzene rings is 8. The molecule has 47 heavy (non-hydrogen) atoms. The summed E-state index contributed by atoms with van der Waals surface area (Å²) >= 11 is 3.78. The average molecular weight is 634 g/mol. The average Bonchev–Trinajstić information content (AvgIpc) is 3.71. The van der Waals surface area contributed by atoms with E-state index in [1.807, 2.05) is 22.7 Å². The molecule has 0 bridgehead atoms. The van der Waals surface area contributed by atoms with E-state index in [-0.39, 0.29) is 0 Å². The zero-order chi connectivity index (χ0) is 30.9. The molecule has 0 aliphatic carbocycles. The largest absolute Gasteiger partial charge is 0.306 e. The van der Waals surface area contributed by atoms with E-state index in [9.17, 15) is 0 Å². The van der Waals surface area contributed by atoms with E-state index < -0.39 is 0 Å². The molecule has 2 aromatic heterocycles. The van der Waals surface area contributed by atoms with Crippen LogP contribution in [0.15, 0.2) is 164 Å². The van der Waals surface area contributed by atoms with E-state index in [0.29, 0.717) is 0 Å². The lowest BCUT2D eigenvalue weighted by Crippen LogP contribution is -2.12. The highest BCUT2D eigenvalue weighted by Gasteiger charge is 2.26. The number of hydrogen-bond donors (Lipinski definition) is 0. The topological polar surface area (TPSA) is 3.24 Å². The molecule has 10 rings (SSSR count). The monoisotopic (exact) mass is 633 g/mol. The highest BCUT2D eigenvalue weighted by Crippen LogP contribution is 2.53. The van der Waals surface area contributed by atoms with Gasteiger partial charge in [0, 0.05) is 41.9 Å². The van der Waals surface area contributed by atoms with Gasteiger partial charge in [0.15, 0.2) is 0 Å². The summed E-state index contributed by atoms with van der Waals surface area (Å²) in [4.78, 5) is 2.59. The van der Waals surface area contributed by atoms with Gasteiger partial charge in [0.1, 0.15) is 0 Å². The molecule has 10 aromatic rings. The van der Waals surface area contributed by atoms with Crippen molar-refractivity contribution in [2.45, 2.75) is 0 Å². The van der Waals surface area contributed by atoms with Crippen LogP contribution in [-0.2, 0) is 0 Å². The van der Waals surface area contributed by atoms with E-state index >= 15 is 0 Å². The van der Waals surface area contributed by atoms with Crippen LogP contribution in [0.5, 0.6) is 0 Å². The molecule has 0 aliphatic rings. The van der Waals surface area contributed by atoms with Gasteiger partial charge in [0.25, 0.3) is 0 Å². The number of nitrogens with zero attached hydrogens (tertiary/aromatic N) is 1. The second kappa shape index (κ2) is 10.5. The van der Waals surface area contributed by atoms with Gasteiger partial charge in [0.05, 0.1) is 26.5 Å². The van der Waals surface area contributed by atoms with Crippen molar-refractivity contribution in [2.75, 3.05) is 4.90 Å².